The van der Waals surface area contributed by atoms with E-state index in [0.29, 0.717) is 6.61 Å². The number of Topliss-reactive ketones (excluding diaryl/α,β-unsaturated/α-hetero) is 1. The molecule has 0 bridgehead atoms. The van der Waals surface area contributed by atoms with Crippen molar-refractivity contribution < 1.29 is 9.53 Å². The van der Waals surface area contributed by atoms with Gasteiger partial charge in [0.05, 0.1) is 0 Å². The number of carbonyl (C=O) groups excluding carboxylic acids is 1. The summed E-state index contributed by atoms with van der Waals surface area (Å²) in [7, 11) is 0. The van der Waals surface area contributed by atoms with Crippen LogP contribution in [0.5, 0.6) is 0 Å². The Hall–Kier alpha value is -1.15. The van der Waals surface area contributed by atoms with E-state index in [-0.39, 0.29) is 18.3 Å². The van der Waals surface area contributed by atoms with E-state index in [4.69, 9.17) is 4.74 Å². The Morgan fingerprint density at radius 3 is 3.06 bits per heavy atom. The molecule has 0 amide bonds. The maximum absolute atomic E-state index is 12.1. The first-order chi connectivity index (χ1) is 8.33. The van der Waals surface area contributed by atoms with Crippen LogP contribution >= 0.6 is 0 Å². The minimum atomic E-state index is 0.0665. The van der Waals surface area contributed by atoms with Crippen LogP contribution in [-0.2, 0) is 16.0 Å². The summed E-state index contributed by atoms with van der Waals surface area (Å²) in [6, 6.07) is 8.31. The fourth-order valence-electron chi connectivity index (χ4n) is 2.51. The number of hydrogen-bond donors (Lipinski definition) is 0. The second-order valence-electron chi connectivity index (χ2n) is 4.66. The normalized spacial score (nSPS) is 18.8. The average Bonchev–Trinajstić information content (AvgIpc) is 2.38. The van der Waals surface area contributed by atoms with Crippen LogP contribution in [-0.4, -0.2) is 19.0 Å². The summed E-state index contributed by atoms with van der Waals surface area (Å²) < 4.78 is 5.36. The monoisotopic (exact) mass is 232 g/mol. The molecule has 0 N–H and O–H groups in total. The molecular weight excluding hydrogens is 212 g/mol. The van der Waals surface area contributed by atoms with Gasteiger partial charge in [-0.1, -0.05) is 31.2 Å². The lowest BCUT2D eigenvalue weighted by molar-refractivity contribution is -0.125. The predicted octanol–water partition coefficient (Wildman–Crippen LogP) is 3.10. The van der Waals surface area contributed by atoms with Gasteiger partial charge >= 0.3 is 0 Å². The molecule has 1 aromatic rings. The lowest BCUT2D eigenvalue weighted by Crippen LogP contribution is -2.22. The van der Waals surface area contributed by atoms with Crippen LogP contribution in [0.4, 0.5) is 0 Å². The van der Waals surface area contributed by atoms with Crippen molar-refractivity contribution in [2.75, 3.05) is 13.2 Å². The molecule has 0 radical (unpaired) electrons. The zero-order valence-electron chi connectivity index (χ0n) is 10.4. The molecule has 2 rings (SSSR count). The van der Waals surface area contributed by atoms with Crippen molar-refractivity contribution in [3.8, 4) is 0 Å². The summed E-state index contributed by atoms with van der Waals surface area (Å²) in [6.45, 7) is 3.01. The van der Waals surface area contributed by atoms with Crippen LogP contribution in [0.3, 0.4) is 0 Å². The van der Waals surface area contributed by atoms with Gasteiger partial charge in [-0.05, 0) is 36.8 Å². The molecule has 0 heterocycles. The molecule has 2 nitrogen and oxygen atoms in total. The third-order valence-electron chi connectivity index (χ3n) is 3.35. The van der Waals surface area contributed by atoms with Crippen LogP contribution < -0.4 is 0 Å². The highest BCUT2D eigenvalue weighted by molar-refractivity contribution is 5.87. The zero-order chi connectivity index (χ0) is 12.1. The Balaban J connectivity index is 2.05. The van der Waals surface area contributed by atoms with Gasteiger partial charge in [-0.2, -0.15) is 0 Å². The van der Waals surface area contributed by atoms with E-state index in [2.05, 4.69) is 25.1 Å². The summed E-state index contributed by atoms with van der Waals surface area (Å²) in [6.07, 6.45) is 4.16. The van der Waals surface area contributed by atoms with E-state index in [1.165, 1.54) is 11.1 Å². The van der Waals surface area contributed by atoms with Gasteiger partial charge in [0.1, 0.15) is 6.61 Å². The number of rotatable bonds is 5. The van der Waals surface area contributed by atoms with Gasteiger partial charge in [0.2, 0.25) is 0 Å². The lowest BCUT2D eigenvalue weighted by Gasteiger charge is -2.24. The van der Waals surface area contributed by atoms with Crippen molar-refractivity contribution >= 4 is 5.78 Å². The molecule has 0 saturated heterocycles. The standard InChI is InChI=1S/C15H20O2/c1-2-10-17-11-15(16)14-9-5-7-12-6-3-4-8-13(12)14/h3-4,6,8,14H,2,5,7,9-11H2,1H3. The summed E-state index contributed by atoms with van der Waals surface area (Å²) in [5.74, 6) is 0.308. The van der Waals surface area contributed by atoms with Crippen molar-refractivity contribution in [3.05, 3.63) is 35.4 Å². The molecule has 0 spiro atoms. The van der Waals surface area contributed by atoms with Crippen LogP contribution in [0.15, 0.2) is 24.3 Å². The summed E-state index contributed by atoms with van der Waals surface area (Å²) >= 11 is 0. The average molecular weight is 232 g/mol. The minimum absolute atomic E-state index is 0.0665. The van der Waals surface area contributed by atoms with Gasteiger partial charge in [-0.3, -0.25) is 4.79 Å². The number of aryl methyl sites for hydroxylation is 1. The molecule has 0 aromatic heterocycles. The Labute approximate surface area is 103 Å². The van der Waals surface area contributed by atoms with E-state index in [1.54, 1.807) is 0 Å². The Bertz CT molecular complexity index is 384. The number of ether oxygens (including phenoxy) is 1. The first-order valence-corrected chi connectivity index (χ1v) is 6.51. The summed E-state index contributed by atoms with van der Waals surface area (Å²) in [5.41, 5.74) is 2.57. The molecule has 92 valence electrons. The van der Waals surface area contributed by atoms with Gasteiger partial charge < -0.3 is 4.74 Å². The highest BCUT2D eigenvalue weighted by Crippen LogP contribution is 2.32. The van der Waals surface area contributed by atoms with Crippen LogP contribution in [0.2, 0.25) is 0 Å². The Morgan fingerprint density at radius 1 is 1.41 bits per heavy atom. The van der Waals surface area contributed by atoms with Crippen LogP contribution in [0, 0.1) is 0 Å². The SMILES string of the molecule is CCCOCC(=O)C1CCCc2ccccc21. The number of ketones is 1. The lowest BCUT2D eigenvalue weighted by atomic mass is 9.81. The molecule has 1 aromatic carbocycles. The number of carbonyl (C=O) groups is 1. The quantitative estimate of drug-likeness (QED) is 0.729. The molecule has 2 heteroatoms. The third-order valence-corrected chi connectivity index (χ3v) is 3.35. The van der Waals surface area contributed by atoms with Crippen LogP contribution in [0.25, 0.3) is 0 Å². The van der Waals surface area contributed by atoms with Gasteiger partial charge in [-0.25, -0.2) is 0 Å². The molecule has 1 atom stereocenters. The summed E-state index contributed by atoms with van der Waals surface area (Å²) in [5, 5.41) is 0. The predicted molar refractivity (Wildman–Crippen MR) is 68.2 cm³/mol. The van der Waals surface area contributed by atoms with Gasteiger partial charge in [0, 0.05) is 12.5 Å². The number of benzene rings is 1. The first kappa shape index (κ1) is 12.3. The van der Waals surface area contributed by atoms with Gasteiger partial charge in [-0.15, -0.1) is 0 Å². The van der Waals surface area contributed by atoms with Crippen molar-refractivity contribution in [1.29, 1.82) is 0 Å². The number of fused-ring (bicyclic) bond motifs is 1. The Morgan fingerprint density at radius 2 is 2.24 bits per heavy atom. The fraction of sp³-hybridized carbons (Fsp3) is 0.533. The molecule has 1 aliphatic rings. The van der Waals surface area contributed by atoms with Crippen molar-refractivity contribution in [2.45, 2.75) is 38.5 Å². The molecule has 1 aliphatic carbocycles. The van der Waals surface area contributed by atoms with E-state index in [0.717, 1.165) is 25.7 Å². The van der Waals surface area contributed by atoms with E-state index in [9.17, 15) is 4.79 Å². The van der Waals surface area contributed by atoms with Crippen molar-refractivity contribution in [2.24, 2.45) is 0 Å². The van der Waals surface area contributed by atoms with Crippen molar-refractivity contribution in [1.82, 2.24) is 0 Å². The van der Waals surface area contributed by atoms with Crippen LogP contribution in [0.1, 0.15) is 43.2 Å². The molecule has 1 unspecified atom stereocenters. The fourth-order valence-corrected chi connectivity index (χ4v) is 2.51. The second-order valence-corrected chi connectivity index (χ2v) is 4.66. The number of hydrogen-bond acceptors (Lipinski definition) is 2. The second kappa shape index (κ2) is 5.97. The molecular formula is C15H20O2. The molecule has 0 fully saturated rings. The Kier molecular flexibility index (Phi) is 4.32. The largest absolute Gasteiger partial charge is 0.374 e. The molecule has 0 saturated carbocycles. The van der Waals surface area contributed by atoms with E-state index < -0.39 is 0 Å². The third kappa shape index (κ3) is 2.95. The molecule has 17 heavy (non-hydrogen) atoms. The summed E-state index contributed by atoms with van der Waals surface area (Å²) in [4.78, 5) is 12.1. The highest BCUT2D eigenvalue weighted by atomic mass is 16.5. The van der Waals surface area contributed by atoms with Gasteiger partial charge in [0.15, 0.2) is 5.78 Å². The topological polar surface area (TPSA) is 26.3 Å². The molecule has 0 aliphatic heterocycles. The van der Waals surface area contributed by atoms with Gasteiger partial charge in [0.25, 0.3) is 0 Å². The minimum Gasteiger partial charge on any atom is -0.374 e. The van der Waals surface area contributed by atoms with E-state index in [1.807, 2.05) is 6.07 Å². The zero-order valence-corrected chi connectivity index (χ0v) is 10.4. The maximum Gasteiger partial charge on any atom is 0.165 e. The first-order valence-electron chi connectivity index (χ1n) is 6.51. The maximum atomic E-state index is 12.1. The van der Waals surface area contributed by atoms with E-state index >= 15 is 0 Å². The highest BCUT2D eigenvalue weighted by Gasteiger charge is 2.25. The van der Waals surface area contributed by atoms with Crippen molar-refractivity contribution in [3.63, 3.8) is 0 Å². The smallest absolute Gasteiger partial charge is 0.165 e.